The molecule has 1 aromatic rings. The summed E-state index contributed by atoms with van der Waals surface area (Å²) < 4.78 is 0. The molecule has 2 aliphatic rings. The van der Waals surface area contributed by atoms with Crippen molar-refractivity contribution in [1.29, 1.82) is 0 Å². The summed E-state index contributed by atoms with van der Waals surface area (Å²) in [6.45, 7) is 3.40. The van der Waals surface area contributed by atoms with Crippen LogP contribution in [0.2, 0.25) is 5.02 Å². The van der Waals surface area contributed by atoms with Crippen molar-refractivity contribution in [2.45, 2.75) is 38.6 Å². The van der Waals surface area contributed by atoms with Gasteiger partial charge in [0.1, 0.15) is 0 Å². The van der Waals surface area contributed by atoms with Crippen molar-refractivity contribution >= 4 is 29.1 Å². The SMILES string of the molecule is C[C@H]1CCCCN1C(=O)[C@H]1CC(=O)N(c2ccc(Cl)cc2)C1. The topological polar surface area (TPSA) is 40.6 Å². The summed E-state index contributed by atoms with van der Waals surface area (Å²) in [5.74, 6) is -0.0638. The molecule has 0 spiro atoms. The molecule has 0 bridgehead atoms. The highest BCUT2D eigenvalue weighted by atomic mass is 35.5. The Labute approximate surface area is 136 Å². The number of piperidine rings is 1. The molecule has 2 saturated heterocycles. The molecule has 2 amide bonds. The van der Waals surface area contributed by atoms with E-state index < -0.39 is 0 Å². The van der Waals surface area contributed by atoms with E-state index in [1.807, 2.05) is 17.0 Å². The van der Waals surface area contributed by atoms with Crippen LogP contribution in [0, 0.1) is 5.92 Å². The van der Waals surface area contributed by atoms with Crippen LogP contribution < -0.4 is 4.90 Å². The van der Waals surface area contributed by atoms with E-state index in [0.29, 0.717) is 24.0 Å². The van der Waals surface area contributed by atoms with Crippen molar-refractivity contribution < 1.29 is 9.59 Å². The lowest BCUT2D eigenvalue weighted by atomic mass is 9.99. The van der Waals surface area contributed by atoms with Gasteiger partial charge in [0.05, 0.1) is 5.92 Å². The monoisotopic (exact) mass is 320 g/mol. The van der Waals surface area contributed by atoms with Gasteiger partial charge in [-0.1, -0.05) is 11.6 Å². The Morgan fingerprint density at radius 3 is 2.64 bits per heavy atom. The quantitative estimate of drug-likeness (QED) is 0.840. The van der Waals surface area contributed by atoms with Crippen molar-refractivity contribution in [3.05, 3.63) is 29.3 Å². The molecule has 5 heteroatoms. The van der Waals surface area contributed by atoms with Gasteiger partial charge in [0.15, 0.2) is 0 Å². The van der Waals surface area contributed by atoms with Crippen molar-refractivity contribution in [2.75, 3.05) is 18.0 Å². The number of anilines is 1. The van der Waals surface area contributed by atoms with Crippen LogP contribution in [0.4, 0.5) is 5.69 Å². The first-order valence-corrected chi connectivity index (χ1v) is 8.30. The lowest BCUT2D eigenvalue weighted by Gasteiger charge is -2.35. The molecule has 2 atom stereocenters. The van der Waals surface area contributed by atoms with Crippen LogP contribution in [0.1, 0.15) is 32.6 Å². The number of likely N-dealkylation sites (tertiary alicyclic amines) is 1. The number of carbonyl (C=O) groups excluding carboxylic acids is 2. The van der Waals surface area contributed by atoms with Gasteiger partial charge in [0.25, 0.3) is 0 Å². The summed E-state index contributed by atoms with van der Waals surface area (Å²) in [6.07, 6.45) is 3.63. The van der Waals surface area contributed by atoms with E-state index in [1.54, 1.807) is 17.0 Å². The fourth-order valence-electron chi connectivity index (χ4n) is 3.40. The molecule has 0 saturated carbocycles. The van der Waals surface area contributed by atoms with E-state index in [-0.39, 0.29) is 17.7 Å². The zero-order valence-electron chi connectivity index (χ0n) is 12.8. The molecule has 2 aliphatic heterocycles. The van der Waals surface area contributed by atoms with E-state index in [4.69, 9.17) is 11.6 Å². The van der Waals surface area contributed by atoms with E-state index in [9.17, 15) is 9.59 Å². The highest BCUT2D eigenvalue weighted by Crippen LogP contribution is 2.29. The number of amides is 2. The largest absolute Gasteiger partial charge is 0.340 e. The number of hydrogen-bond acceptors (Lipinski definition) is 2. The summed E-state index contributed by atoms with van der Waals surface area (Å²) >= 11 is 5.89. The van der Waals surface area contributed by atoms with Crippen molar-refractivity contribution in [1.82, 2.24) is 4.90 Å². The molecular weight excluding hydrogens is 300 g/mol. The van der Waals surface area contributed by atoms with Gasteiger partial charge < -0.3 is 9.80 Å². The Bertz CT molecular complexity index is 573. The molecule has 4 nitrogen and oxygen atoms in total. The zero-order valence-corrected chi connectivity index (χ0v) is 13.6. The zero-order chi connectivity index (χ0) is 15.7. The van der Waals surface area contributed by atoms with Crippen LogP contribution in [0.25, 0.3) is 0 Å². The molecular formula is C17H21ClN2O2. The summed E-state index contributed by atoms with van der Waals surface area (Å²) in [5.41, 5.74) is 0.816. The standard InChI is InChI=1S/C17H21ClN2O2/c1-12-4-2-3-9-19(12)17(22)13-10-16(21)20(11-13)15-7-5-14(18)6-8-15/h5-8,12-13H,2-4,9-11H2,1H3/t12-,13-/m0/s1. The fourth-order valence-corrected chi connectivity index (χ4v) is 3.53. The minimum atomic E-state index is -0.219. The third-order valence-corrected chi connectivity index (χ3v) is 4.95. The van der Waals surface area contributed by atoms with Crippen molar-refractivity contribution in [2.24, 2.45) is 5.92 Å². The van der Waals surface area contributed by atoms with E-state index in [0.717, 1.165) is 25.1 Å². The Kier molecular flexibility index (Phi) is 4.39. The number of carbonyl (C=O) groups is 2. The second-order valence-corrected chi connectivity index (χ2v) is 6.69. The average Bonchev–Trinajstić information content (AvgIpc) is 2.90. The first kappa shape index (κ1) is 15.3. The number of hydrogen-bond donors (Lipinski definition) is 0. The molecule has 118 valence electrons. The van der Waals surface area contributed by atoms with Gasteiger partial charge in [-0.05, 0) is 50.5 Å². The van der Waals surface area contributed by atoms with Crippen LogP contribution in [0.5, 0.6) is 0 Å². The molecule has 22 heavy (non-hydrogen) atoms. The van der Waals surface area contributed by atoms with E-state index in [2.05, 4.69) is 6.92 Å². The van der Waals surface area contributed by atoms with Gasteiger partial charge in [0.2, 0.25) is 11.8 Å². The first-order valence-electron chi connectivity index (χ1n) is 7.92. The second kappa shape index (κ2) is 6.29. The summed E-state index contributed by atoms with van der Waals surface area (Å²) in [4.78, 5) is 28.6. The van der Waals surface area contributed by atoms with Crippen LogP contribution in [-0.4, -0.2) is 35.8 Å². The van der Waals surface area contributed by atoms with E-state index >= 15 is 0 Å². The van der Waals surface area contributed by atoms with Gasteiger partial charge >= 0.3 is 0 Å². The Hall–Kier alpha value is -1.55. The summed E-state index contributed by atoms with van der Waals surface area (Å²) in [6, 6.07) is 7.49. The van der Waals surface area contributed by atoms with Gasteiger partial charge in [-0.25, -0.2) is 0 Å². The minimum absolute atomic E-state index is 0.0188. The maximum atomic E-state index is 12.7. The minimum Gasteiger partial charge on any atom is -0.340 e. The number of benzene rings is 1. The molecule has 0 radical (unpaired) electrons. The molecule has 2 fully saturated rings. The van der Waals surface area contributed by atoms with Gasteiger partial charge in [-0.15, -0.1) is 0 Å². The Morgan fingerprint density at radius 2 is 1.95 bits per heavy atom. The normalized spacial score (nSPS) is 25.6. The first-order chi connectivity index (χ1) is 10.6. The third kappa shape index (κ3) is 2.98. The molecule has 1 aromatic carbocycles. The number of halogens is 1. The number of rotatable bonds is 2. The lowest BCUT2D eigenvalue weighted by Crippen LogP contribution is -2.45. The maximum Gasteiger partial charge on any atom is 0.228 e. The fraction of sp³-hybridized carbons (Fsp3) is 0.529. The molecule has 0 N–H and O–H groups in total. The van der Waals surface area contributed by atoms with Crippen LogP contribution in [0.3, 0.4) is 0 Å². The van der Waals surface area contributed by atoms with Crippen LogP contribution >= 0.6 is 11.6 Å². The van der Waals surface area contributed by atoms with Crippen molar-refractivity contribution in [3.8, 4) is 0 Å². The molecule has 0 aromatic heterocycles. The predicted octanol–water partition coefficient (Wildman–Crippen LogP) is 3.09. The smallest absolute Gasteiger partial charge is 0.228 e. The molecule has 0 aliphatic carbocycles. The highest BCUT2D eigenvalue weighted by Gasteiger charge is 2.38. The molecule has 3 rings (SSSR count). The van der Waals surface area contributed by atoms with E-state index in [1.165, 1.54) is 6.42 Å². The maximum absolute atomic E-state index is 12.7. The highest BCUT2D eigenvalue weighted by molar-refractivity contribution is 6.30. The Balaban J connectivity index is 1.71. The average molecular weight is 321 g/mol. The lowest BCUT2D eigenvalue weighted by molar-refractivity contribution is -0.139. The van der Waals surface area contributed by atoms with Gasteiger partial charge in [0, 0.05) is 36.3 Å². The second-order valence-electron chi connectivity index (χ2n) is 6.26. The van der Waals surface area contributed by atoms with Crippen LogP contribution in [0.15, 0.2) is 24.3 Å². The number of nitrogens with zero attached hydrogens (tertiary/aromatic N) is 2. The Morgan fingerprint density at radius 1 is 1.23 bits per heavy atom. The third-order valence-electron chi connectivity index (χ3n) is 4.70. The van der Waals surface area contributed by atoms with Crippen LogP contribution in [-0.2, 0) is 9.59 Å². The summed E-state index contributed by atoms with van der Waals surface area (Å²) in [5, 5.41) is 0.644. The summed E-state index contributed by atoms with van der Waals surface area (Å²) in [7, 11) is 0. The van der Waals surface area contributed by atoms with Crippen molar-refractivity contribution in [3.63, 3.8) is 0 Å². The van der Waals surface area contributed by atoms with Gasteiger partial charge in [-0.3, -0.25) is 9.59 Å². The predicted molar refractivity (Wildman–Crippen MR) is 86.9 cm³/mol. The molecule has 2 heterocycles. The van der Waals surface area contributed by atoms with Gasteiger partial charge in [-0.2, -0.15) is 0 Å². The molecule has 0 unspecified atom stereocenters.